The van der Waals surface area contributed by atoms with Gasteiger partial charge in [-0.05, 0) is 36.9 Å². The van der Waals surface area contributed by atoms with E-state index >= 15 is 0 Å². The van der Waals surface area contributed by atoms with Crippen molar-refractivity contribution in [3.63, 3.8) is 0 Å². The van der Waals surface area contributed by atoms with Gasteiger partial charge in [-0.2, -0.15) is 0 Å². The summed E-state index contributed by atoms with van der Waals surface area (Å²) < 4.78 is 5.09. The third-order valence-electron chi connectivity index (χ3n) is 3.58. The Bertz CT molecular complexity index is 951. The summed E-state index contributed by atoms with van der Waals surface area (Å²) in [4.78, 5) is 33.7. The smallest absolute Gasteiger partial charge is 0.340 e. The van der Waals surface area contributed by atoms with Crippen molar-refractivity contribution in [2.75, 3.05) is 18.9 Å². The number of carbonyl (C=O) groups excluding carboxylic acids is 1. The number of aromatic nitrogens is 2. The normalized spacial score (nSPS) is 11.2. The number of thioether (sulfide) groups is 1. The van der Waals surface area contributed by atoms with Crippen molar-refractivity contribution in [2.24, 2.45) is 0 Å². The Morgan fingerprint density at radius 1 is 1.42 bits per heavy atom. The Labute approximate surface area is 147 Å². The largest absolute Gasteiger partial charge is 0.462 e. The summed E-state index contributed by atoms with van der Waals surface area (Å²) in [6.07, 6.45) is 1.52. The minimum Gasteiger partial charge on any atom is -0.462 e. The zero-order valence-electron chi connectivity index (χ0n) is 12.9. The van der Waals surface area contributed by atoms with Crippen molar-refractivity contribution in [3.05, 3.63) is 40.3 Å². The second-order valence-corrected chi connectivity index (χ2v) is 6.50. The first-order valence-electron chi connectivity index (χ1n) is 7.46. The van der Waals surface area contributed by atoms with Gasteiger partial charge in [0, 0.05) is 39.7 Å². The van der Waals surface area contributed by atoms with E-state index in [9.17, 15) is 9.59 Å². The van der Waals surface area contributed by atoms with Crippen LogP contribution in [0.2, 0.25) is 0 Å². The molecule has 0 unspecified atom stereocenters. The molecule has 0 saturated carbocycles. The second kappa shape index (κ2) is 7.29. The van der Waals surface area contributed by atoms with E-state index in [2.05, 4.69) is 14.8 Å². The molecule has 0 fully saturated rings. The highest BCUT2D eigenvalue weighted by atomic mass is 35.5. The lowest BCUT2D eigenvalue weighted by molar-refractivity contribution is 0.0529. The van der Waals surface area contributed by atoms with Gasteiger partial charge in [0.1, 0.15) is 5.52 Å². The number of carbonyl (C=O) groups is 1. The number of ether oxygens (including phenoxy) is 1. The quantitative estimate of drug-likeness (QED) is 0.270. The van der Waals surface area contributed by atoms with Crippen molar-refractivity contribution in [1.29, 1.82) is 0 Å². The monoisotopic (exact) mass is 365 g/mol. The summed E-state index contributed by atoms with van der Waals surface area (Å²) >= 11 is 7.10. The van der Waals surface area contributed by atoms with Crippen molar-refractivity contribution < 1.29 is 9.53 Å². The van der Waals surface area contributed by atoms with Gasteiger partial charge in [-0.3, -0.25) is 4.79 Å². The van der Waals surface area contributed by atoms with Crippen LogP contribution >= 0.6 is 23.5 Å². The van der Waals surface area contributed by atoms with Crippen LogP contribution in [0.15, 0.2) is 34.1 Å². The van der Waals surface area contributed by atoms with Gasteiger partial charge in [-0.1, -0.05) is 0 Å². The van der Waals surface area contributed by atoms with E-state index in [-0.39, 0.29) is 12.2 Å². The molecule has 0 amide bonds. The third-order valence-corrected chi connectivity index (χ3v) is 4.76. The number of esters is 1. The van der Waals surface area contributed by atoms with Crippen molar-refractivity contribution in [2.45, 2.75) is 11.8 Å². The number of pyridine rings is 1. The molecule has 1 aromatic carbocycles. The number of fused-ring (bicyclic) bond motifs is 3. The van der Waals surface area contributed by atoms with Gasteiger partial charge in [-0.25, -0.2) is 9.63 Å². The van der Waals surface area contributed by atoms with Crippen LogP contribution < -0.4 is 10.4 Å². The third kappa shape index (κ3) is 3.15. The number of hydrogen-bond acceptors (Lipinski definition) is 5. The fourth-order valence-corrected chi connectivity index (χ4v) is 3.59. The van der Waals surface area contributed by atoms with Crippen LogP contribution in [0.4, 0.5) is 0 Å². The molecule has 0 aliphatic rings. The minimum atomic E-state index is -0.444. The lowest BCUT2D eigenvalue weighted by Gasteiger charge is -2.06. The number of hydrogen-bond donors (Lipinski definition) is 3. The molecule has 8 heteroatoms. The fourth-order valence-electron chi connectivity index (χ4n) is 2.57. The predicted octanol–water partition coefficient (Wildman–Crippen LogP) is 3.02. The van der Waals surface area contributed by atoms with Crippen LogP contribution in [0.5, 0.6) is 0 Å². The average Bonchev–Trinajstić information content (AvgIpc) is 3.02. The van der Waals surface area contributed by atoms with E-state index in [0.29, 0.717) is 28.5 Å². The predicted molar refractivity (Wildman–Crippen MR) is 97.0 cm³/mol. The molecule has 126 valence electrons. The molecule has 0 aliphatic heterocycles. The maximum atomic E-state index is 12.2. The molecule has 0 radical (unpaired) electrons. The Morgan fingerprint density at radius 3 is 3.00 bits per heavy atom. The number of halogens is 1. The second-order valence-electron chi connectivity index (χ2n) is 5.07. The average molecular weight is 366 g/mol. The molecule has 2 heterocycles. The van der Waals surface area contributed by atoms with E-state index in [0.717, 1.165) is 16.0 Å². The molecular formula is C16H16ClN3O3S. The van der Waals surface area contributed by atoms with E-state index in [1.165, 1.54) is 6.20 Å². The number of nitrogens with one attached hydrogen (secondary N) is 3. The Hall–Kier alpha value is -1.96. The topological polar surface area (TPSA) is 87.0 Å². The maximum absolute atomic E-state index is 12.2. The molecule has 3 rings (SSSR count). The molecule has 6 nitrogen and oxygen atoms in total. The number of benzene rings is 1. The van der Waals surface area contributed by atoms with Crippen molar-refractivity contribution in [3.8, 4) is 0 Å². The van der Waals surface area contributed by atoms with Crippen molar-refractivity contribution in [1.82, 2.24) is 14.8 Å². The van der Waals surface area contributed by atoms with Gasteiger partial charge in [0.2, 0.25) is 0 Å². The molecule has 0 aliphatic carbocycles. The first kappa shape index (κ1) is 16.9. The molecule has 0 saturated heterocycles. The van der Waals surface area contributed by atoms with Crippen LogP contribution in [0.1, 0.15) is 17.3 Å². The van der Waals surface area contributed by atoms with Gasteiger partial charge in [0.15, 0.2) is 0 Å². The van der Waals surface area contributed by atoms with Gasteiger partial charge < -0.3 is 14.7 Å². The summed E-state index contributed by atoms with van der Waals surface area (Å²) in [5.41, 5.74) is 1.15. The zero-order valence-corrected chi connectivity index (χ0v) is 14.5. The first-order valence-corrected chi connectivity index (χ1v) is 8.82. The Balaban J connectivity index is 2.17. The summed E-state index contributed by atoms with van der Waals surface area (Å²) in [7, 11) is 0. The highest BCUT2D eigenvalue weighted by Gasteiger charge is 2.18. The van der Waals surface area contributed by atoms with E-state index in [4.69, 9.17) is 16.5 Å². The summed E-state index contributed by atoms with van der Waals surface area (Å²) in [6.45, 7) is 2.69. The standard InChI is InChI=1S/C16H16ClN3O3S/c1-2-23-16(22)11-8-18-14-13(11)10-7-9(24-6-5-19-17)3-4-12(10)20-15(14)21/h3-4,7-8,18-19H,2,5-6H2,1H3,(H,20,21). The SMILES string of the molecule is CCOC(=O)c1c[nH]c2c(=O)[nH]c3ccc(SCCNCl)cc3c12. The van der Waals surface area contributed by atoms with Gasteiger partial charge >= 0.3 is 5.97 Å². The molecule has 3 N–H and O–H groups in total. The number of rotatable bonds is 6. The number of H-pyrrole nitrogens is 2. The highest BCUT2D eigenvalue weighted by molar-refractivity contribution is 7.99. The van der Waals surface area contributed by atoms with Crippen LogP contribution in [0, 0.1) is 0 Å². The molecule has 0 bridgehead atoms. The van der Waals surface area contributed by atoms with Crippen LogP contribution in [-0.4, -0.2) is 34.8 Å². The van der Waals surface area contributed by atoms with Gasteiger partial charge in [0.25, 0.3) is 5.56 Å². The Kier molecular flexibility index (Phi) is 5.13. The number of aromatic amines is 2. The molecular weight excluding hydrogens is 350 g/mol. The van der Waals surface area contributed by atoms with Crippen LogP contribution in [0.25, 0.3) is 21.8 Å². The molecule has 3 aromatic rings. The van der Waals surface area contributed by atoms with Gasteiger partial charge in [0.05, 0.1) is 12.2 Å². The van der Waals surface area contributed by atoms with Crippen LogP contribution in [-0.2, 0) is 4.74 Å². The minimum absolute atomic E-state index is 0.264. The fraction of sp³-hybridized carbons (Fsp3) is 0.250. The summed E-state index contributed by atoms with van der Waals surface area (Å²) in [5, 5.41) is 1.39. The van der Waals surface area contributed by atoms with Crippen molar-refractivity contribution >= 4 is 51.3 Å². The maximum Gasteiger partial charge on any atom is 0.340 e. The Morgan fingerprint density at radius 2 is 2.25 bits per heavy atom. The summed E-state index contributed by atoms with van der Waals surface area (Å²) in [6, 6.07) is 5.73. The summed E-state index contributed by atoms with van der Waals surface area (Å²) in [5.74, 6) is 0.361. The molecule has 0 spiro atoms. The molecule has 24 heavy (non-hydrogen) atoms. The lowest BCUT2D eigenvalue weighted by atomic mass is 10.1. The zero-order chi connectivity index (χ0) is 17.1. The molecule has 0 atom stereocenters. The van der Waals surface area contributed by atoms with E-state index in [1.54, 1.807) is 18.7 Å². The lowest BCUT2D eigenvalue weighted by Crippen LogP contribution is -2.08. The molecule has 2 aromatic heterocycles. The van der Waals surface area contributed by atoms with Crippen LogP contribution in [0.3, 0.4) is 0 Å². The van der Waals surface area contributed by atoms with Gasteiger partial charge in [-0.15, -0.1) is 11.8 Å². The first-order chi connectivity index (χ1) is 11.7. The van der Waals surface area contributed by atoms with E-state index in [1.807, 2.05) is 18.2 Å². The van der Waals surface area contributed by atoms with E-state index < -0.39 is 5.97 Å². The highest BCUT2D eigenvalue weighted by Crippen LogP contribution is 2.29.